The maximum absolute atomic E-state index is 12.7. The van der Waals surface area contributed by atoms with Crippen molar-refractivity contribution in [2.24, 2.45) is 5.73 Å². The van der Waals surface area contributed by atoms with Gasteiger partial charge in [0.1, 0.15) is 5.82 Å². The summed E-state index contributed by atoms with van der Waals surface area (Å²) in [4.78, 5) is 16.0. The predicted octanol–water partition coefficient (Wildman–Crippen LogP) is 1.68. The fraction of sp³-hybridized carbons (Fsp3) is 0.375. The highest BCUT2D eigenvalue weighted by atomic mass is 19.3. The van der Waals surface area contributed by atoms with Crippen LogP contribution in [0.3, 0.4) is 0 Å². The van der Waals surface area contributed by atoms with E-state index in [9.17, 15) is 13.6 Å². The van der Waals surface area contributed by atoms with Crippen molar-refractivity contribution in [3.05, 3.63) is 53.1 Å². The van der Waals surface area contributed by atoms with Crippen LogP contribution in [-0.2, 0) is 19.3 Å². The summed E-state index contributed by atoms with van der Waals surface area (Å²) in [6.45, 7) is -2.37. The van der Waals surface area contributed by atoms with Crippen molar-refractivity contribution in [2.75, 3.05) is 6.54 Å². The molecule has 5 nitrogen and oxygen atoms in total. The standard InChI is InChI=1S/C16H18F2N4O/c17-16(18)22-6-5-20-14(22)3-4-21-15(23)11-2-1-10-8-13(19)9-12(10)7-11/h1-2,5-7,13,16H,3-4,8-9,19H2,(H,21,23). The Kier molecular flexibility index (Phi) is 4.38. The fourth-order valence-electron chi connectivity index (χ4n) is 2.90. The van der Waals surface area contributed by atoms with Crippen LogP contribution in [0.15, 0.2) is 30.6 Å². The van der Waals surface area contributed by atoms with E-state index in [1.54, 1.807) is 6.07 Å². The summed E-state index contributed by atoms with van der Waals surface area (Å²) in [7, 11) is 0. The third kappa shape index (κ3) is 3.39. The number of imidazole rings is 1. The average Bonchev–Trinajstić information content (AvgIpc) is 3.11. The number of hydrogen-bond acceptors (Lipinski definition) is 3. The first-order valence-corrected chi connectivity index (χ1v) is 7.50. The number of hydrogen-bond donors (Lipinski definition) is 2. The van der Waals surface area contributed by atoms with E-state index >= 15 is 0 Å². The molecule has 122 valence electrons. The first-order chi connectivity index (χ1) is 11.0. The number of alkyl halides is 2. The molecular weight excluding hydrogens is 302 g/mol. The lowest BCUT2D eigenvalue weighted by atomic mass is 10.1. The van der Waals surface area contributed by atoms with E-state index in [1.807, 2.05) is 12.1 Å². The summed E-state index contributed by atoms with van der Waals surface area (Å²) < 4.78 is 26.2. The molecular formula is C16H18F2N4O. The van der Waals surface area contributed by atoms with Gasteiger partial charge >= 0.3 is 6.55 Å². The zero-order chi connectivity index (χ0) is 16.4. The monoisotopic (exact) mass is 320 g/mol. The minimum absolute atomic E-state index is 0.122. The Morgan fingerprint density at radius 3 is 2.96 bits per heavy atom. The zero-order valence-corrected chi connectivity index (χ0v) is 12.5. The molecule has 1 heterocycles. The van der Waals surface area contributed by atoms with Crippen molar-refractivity contribution in [1.29, 1.82) is 0 Å². The number of benzene rings is 1. The first kappa shape index (κ1) is 15.6. The molecule has 0 aliphatic heterocycles. The normalized spacial score (nSPS) is 16.6. The summed E-state index contributed by atoms with van der Waals surface area (Å²) >= 11 is 0. The molecule has 1 aliphatic carbocycles. The van der Waals surface area contributed by atoms with Gasteiger partial charge in [-0.15, -0.1) is 0 Å². The van der Waals surface area contributed by atoms with Crippen molar-refractivity contribution in [2.45, 2.75) is 31.9 Å². The van der Waals surface area contributed by atoms with Crippen LogP contribution in [0.2, 0.25) is 0 Å². The number of nitrogens with two attached hydrogens (primary N) is 1. The summed E-state index contributed by atoms with van der Waals surface area (Å²) in [5.74, 6) is 0.0312. The van der Waals surface area contributed by atoms with Gasteiger partial charge in [0.05, 0.1) is 0 Å². The summed E-state index contributed by atoms with van der Waals surface area (Å²) in [5.41, 5.74) is 8.78. The first-order valence-electron chi connectivity index (χ1n) is 7.50. The number of amides is 1. The number of carbonyl (C=O) groups excluding carboxylic acids is 1. The molecule has 3 rings (SSSR count). The molecule has 2 aromatic rings. The maximum Gasteiger partial charge on any atom is 0.319 e. The second-order valence-corrected chi connectivity index (χ2v) is 5.69. The smallest absolute Gasteiger partial charge is 0.319 e. The van der Waals surface area contributed by atoms with Gasteiger partial charge in [0.2, 0.25) is 0 Å². The minimum Gasteiger partial charge on any atom is -0.352 e. The van der Waals surface area contributed by atoms with Gasteiger partial charge in [-0.25, -0.2) is 4.98 Å². The lowest BCUT2D eigenvalue weighted by molar-refractivity contribution is 0.0670. The molecule has 1 aliphatic rings. The van der Waals surface area contributed by atoms with Gasteiger partial charge in [-0.05, 0) is 36.1 Å². The Balaban J connectivity index is 1.58. The molecule has 1 unspecified atom stereocenters. The molecule has 1 amide bonds. The maximum atomic E-state index is 12.7. The molecule has 3 N–H and O–H groups in total. The molecule has 0 saturated heterocycles. The Morgan fingerprint density at radius 1 is 1.39 bits per heavy atom. The molecule has 1 atom stereocenters. The van der Waals surface area contributed by atoms with Gasteiger partial charge < -0.3 is 11.1 Å². The van der Waals surface area contributed by atoms with Crippen LogP contribution < -0.4 is 11.1 Å². The molecule has 0 spiro atoms. The number of rotatable bonds is 5. The van der Waals surface area contributed by atoms with Crippen molar-refractivity contribution >= 4 is 5.91 Å². The Labute approximate surface area is 132 Å². The summed E-state index contributed by atoms with van der Waals surface area (Å²) in [6, 6.07) is 5.68. The number of nitrogens with zero attached hydrogens (tertiary/aromatic N) is 2. The average molecular weight is 320 g/mol. The third-order valence-corrected chi connectivity index (χ3v) is 4.03. The van der Waals surface area contributed by atoms with Gasteiger partial charge in [-0.3, -0.25) is 9.36 Å². The fourth-order valence-corrected chi connectivity index (χ4v) is 2.90. The van der Waals surface area contributed by atoms with E-state index in [0.717, 1.165) is 23.0 Å². The van der Waals surface area contributed by atoms with Crippen LogP contribution in [0.25, 0.3) is 0 Å². The van der Waals surface area contributed by atoms with Crippen LogP contribution in [0, 0.1) is 0 Å². The second-order valence-electron chi connectivity index (χ2n) is 5.69. The van der Waals surface area contributed by atoms with E-state index in [1.165, 1.54) is 18.0 Å². The van der Waals surface area contributed by atoms with Crippen molar-refractivity contribution in [1.82, 2.24) is 14.9 Å². The van der Waals surface area contributed by atoms with Crippen molar-refractivity contribution in [3.63, 3.8) is 0 Å². The zero-order valence-electron chi connectivity index (χ0n) is 12.5. The lowest BCUT2D eigenvalue weighted by Gasteiger charge is -2.08. The molecule has 7 heteroatoms. The Morgan fingerprint density at radius 2 is 2.17 bits per heavy atom. The van der Waals surface area contributed by atoms with E-state index in [4.69, 9.17) is 5.73 Å². The SMILES string of the molecule is NC1Cc2ccc(C(=O)NCCc3nccn3C(F)F)cc2C1. The van der Waals surface area contributed by atoms with E-state index in [2.05, 4.69) is 10.3 Å². The highest BCUT2D eigenvalue weighted by Crippen LogP contribution is 2.22. The molecule has 23 heavy (non-hydrogen) atoms. The number of nitrogens with one attached hydrogen (secondary N) is 1. The van der Waals surface area contributed by atoms with Gasteiger partial charge in [0.15, 0.2) is 0 Å². The summed E-state index contributed by atoms with van der Waals surface area (Å²) in [5, 5.41) is 2.74. The molecule has 0 saturated carbocycles. The molecule has 0 radical (unpaired) electrons. The second kappa shape index (κ2) is 6.45. The predicted molar refractivity (Wildman–Crippen MR) is 81.3 cm³/mol. The van der Waals surface area contributed by atoms with Gasteiger partial charge in [0, 0.05) is 37.0 Å². The quantitative estimate of drug-likeness (QED) is 0.880. The highest BCUT2D eigenvalue weighted by Gasteiger charge is 2.19. The molecule has 1 aromatic carbocycles. The highest BCUT2D eigenvalue weighted by molar-refractivity contribution is 5.94. The largest absolute Gasteiger partial charge is 0.352 e. The molecule has 0 fully saturated rings. The lowest BCUT2D eigenvalue weighted by Crippen LogP contribution is -2.26. The number of aromatic nitrogens is 2. The van der Waals surface area contributed by atoms with Crippen LogP contribution in [0.1, 0.15) is 33.9 Å². The van der Waals surface area contributed by atoms with Crippen LogP contribution in [-0.4, -0.2) is 28.0 Å². The van der Waals surface area contributed by atoms with Crippen LogP contribution in [0.5, 0.6) is 0 Å². The summed E-state index contributed by atoms with van der Waals surface area (Å²) in [6.07, 6.45) is 4.42. The van der Waals surface area contributed by atoms with Gasteiger partial charge in [-0.2, -0.15) is 8.78 Å². The minimum atomic E-state index is -2.62. The van der Waals surface area contributed by atoms with E-state index < -0.39 is 6.55 Å². The van der Waals surface area contributed by atoms with E-state index in [-0.39, 0.29) is 30.7 Å². The number of fused-ring (bicyclic) bond motifs is 1. The number of halogens is 2. The topological polar surface area (TPSA) is 72.9 Å². The third-order valence-electron chi connectivity index (χ3n) is 4.03. The number of carbonyl (C=O) groups is 1. The Bertz CT molecular complexity index is 714. The van der Waals surface area contributed by atoms with Crippen LogP contribution in [0.4, 0.5) is 8.78 Å². The molecule has 0 bridgehead atoms. The van der Waals surface area contributed by atoms with E-state index in [0.29, 0.717) is 5.56 Å². The Hall–Kier alpha value is -2.28. The molecule has 1 aromatic heterocycles. The van der Waals surface area contributed by atoms with Gasteiger partial charge in [0.25, 0.3) is 5.91 Å². The van der Waals surface area contributed by atoms with Crippen molar-refractivity contribution in [3.8, 4) is 0 Å². The van der Waals surface area contributed by atoms with Gasteiger partial charge in [-0.1, -0.05) is 6.07 Å². The van der Waals surface area contributed by atoms with Crippen molar-refractivity contribution < 1.29 is 13.6 Å². The van der Waals surface area contributed by atoms with Crippen LogP contribution >= 0.6 is 0 Å².